The van der Waals surface area contributed by atoms with Crippen LogP contribution in [0.15, 0.2) is 24.3 Å². The zero-order valence-electron chi connectivity index (χ0n) is 11.5. The first-order valence-corrected chi connectivity index (χ1v) is 6.65. The van der Waals surface area contributed by atoms with Gasteiger partial charge >= 0.3 is 0 Å². The maximum absolute atomic E-state index is 8.44. The minimum Gasteiger partial charge on any atom is -0.494 e. The van der Waals surface area contributed by atoms with E-state index in [1.165, 1.54) is 5.56 Å². The quantitative estimate of drug-likeness (QED) is 0.658. The highest BCUT2D eigenvalue weighted by molar-refractivity contribution is 5.28. The number of methoxy groups -OCH3 is 1. The maximum Gasteiger partial charge on any atom is 0.119 e. The Morgan fingerprint density at radius 3 is 2.95 bits per heavy atom. The summed E-state index contributed by atoms with van der Waals surface area (Å²) in [5.41, 5.74) is 1.20. The predicted octanol–water partition coefficient (Wildman–Crippen LogP) is 2.50. The van der Waals surface area contributed by atoms with E-state index in [0.29, 0.717) is 13.0 Å². The van der Waals surface area contributed by atoms with E-state index in [-0.39, 0.29) is 0 Å². The molecule has 0 aliphatic carbocycles. The minimum absolute atomic E-state index is 0.542. The van der Waals surface area contributed by atoms with E-state index in [4.69, 9.17) is 14.7 Å². The highest BCUT2D eigenvalue weighted by Gasteiger charge is 1.97. The summed E-state index contributed by atoms with van der Waals surface area (Å²) in [5, 5.41) is 11.8. The van der Waals surface area contributed by atoms with Gasteiger partial charge < -0.3 is 14.8 Å². The van der Waals surface area contributed by atoms with Crippen molar-refractivity contribution >= 4 is 0 Å². The second-order valence-corrected chi connectivity index (χ2v) is 4.28. The third-order valence-electron chi connectivity index (χ3n) is 2.63. The summed E-state index contributed by atoms with van der Waals surface area (Å²) in [6.07, 6.45) is 2.33. The van der Waals surface area contributed by atoms with Crippen LogP contribution in [0.2, 0.25) is 0 Å². The number of unbranched alkanes of at least 4 members (excludes halogenated alkanes) is 1. The van der Waals surface area contributed by atoms with Gasteiger partial charge in [-0.1, -0.05) is 12.1 Å². The number of nitrogens with zero attached hydrogens (tertiary/aromatic N) is 1. The third kappa shape index (κ3) is 7.45. The van der Waals surface area contributed by atoms with E-state index in [1.54, 1.807) is 7.11 Å². The zero-order chi connectivity index (χ0) is 13.8. The van der Waals surface area contributed by atoms with Crippen LogP contribution in [-0.2, 0) is 11.3 Å². The summed E-state index contributed by atoms with van der Waals surface area (Å²) in [5.74, 6) is 0.870. The molecule has 0 saturated heterocycles. The molecule has 0 saturated carbocycles. The van der Waals surface area contributed by atoms with Crippen LogP contribution in [0.4, 0.5) is 0 Å². The van der Waals surface area contributed by atoms with Crippen molar-refractivity contribution in [3.05, 3.63) is 29.8 Å². The van der Waals surface area contributed by atoms with Crippen molar-refractivity contribution in [2.45, 2.75) is 25.8 Å². The van der Waals surface area contributed by atoms with Crippen LogP contribution in [-0.4, -0.2) is 26.9 Å². The lowest BCUT2D eigenvalue weighted by Gasteiger charge is -2.08. The maximum atomic E-state index is 8.44. The van der Waals surface area contributed by atoms with Gasteiger partial charge in [-0.25, -0.2) is 0 Å². The van der Waals surface area contributed by atoms with Gasteiger partial charge in [0.15, 0.2) is 0 Å². The molecule has 0 radical (unpaired) electrons. The van der Waals surface area contributed by atoms with Gasteiger partial charge in [0.05, 0.1) is 12.7 Å². The number of nitriles is 1. The van der Waals surface area contributed by atoms with Crippen molar-refractivity contribution in [3.63, 3.8) is 0 Å². The van der Waals surface area contributed by atoms with Gasteiger partial charge in [0.2, 0.25) is 0 Å². The molecule has 1 aromatic rings. The number of hydrogen-bond donors (Lipinski definition) is 1. The molecule has 1 rings (SSSR count). The third-order valence-corrected chi connectivity index (χ3v) is 2.63. The molecule has 0 fully saturated rings. The van der Waals surface area contributed by atoms with E-state index < -0.39 is 0 Å². The first-order valence-electron chi connectivity index (χ1n) is 6.65. The second-order valence-electron chi connectivity index (χ2n) is 4.28. The molecular formula is C15H22N2O2. The highest BCUT2D eigenvalue weighted by Crippen LogP contribution is 2.13. The average molecular weight is 262 g/mol. The van der Waals surface area contributed by atoms with Crippen LogP contribution in [0.25, 0.3) is 0 Å². The van der Waals surface area contributed by atoms with E-state index in [2.05, 4.69) is 17.5 Å². The normalized spacial score (nSPS) is 10.1. The van der Waals surface area contributed by atoms with Gasteiger partial charge in [0, 0.05) is 26.7 Å². The molecule has 19 heavy (non-hydrogen) atoms. The zero-order valence-corrected chi connectivity index (χ0v) is 11.5. The highest BCUT2D eigenvalue weighted by atomic mass is 16.5. The molecule has 0 aliphatic heterocycles. The summed E-state index contributed by atoms with van der Waals surface area (Å²) in [6.45, 7) is 3.16. The Kier molecular flexibility index (Phi) is 8.45. The Morgan fingerprint density at radius 2 is 2.16 bits per heavy atom. The largest absolute Gasteiger partial charge is 0.494 e. The predicted molar refractivity (Wildman–Crippen MR) is 75.0 cm³/mol. The summed E-state index contributed by atoms with van der Waals surface area (Å²) in [4.78, 5) is 0. The van der Waals surface area contributed by atoms with Gasteiger partial charge in [-0.2, -0.15) is 5.26 Å². The second kappa shape index (κ2) is 10.4. The molecule has 0 aromatic heterocycles. The van der Waals surface area contributed by atoms with Crippen molar-refractivity contribution in [2.75, 3.05) is 26.9 Å². The first-order chi connectivity index (χ1) is 9.36. The molecule has 4 nitrogen and oxygen atoms in total. The fraction of sp³-hybridized carbons (Fsp3) is 0.533. The van der Waals surface area contributed by atoms with E-state index >= 15 is 0 Å². The van der Waals surface area contributed by atoms with Crippen LogP contribution in [0.1, 0.15) is 24.8 Å². The fourth-order valence-electron chi connectivity index (χ4n) is 1.66. The number of benzene rings is 1. The molecular weight excluding hydrogens is 240 g/mol. The number of hydrogen-bond acceptors (Lipinski definition) is 4. The van der Waals surface area contributed by atoms with Crippen LogP contribution in [0.5, 0.6) is 5.75 Å². The molecule has 0 unspecified atom stereocenters. The lowest BCUT2D eigenvalue weighted by atomic mass is 10.2. The SMILES string of the molecule is COCCCNCc1cccc(OCCCC#N)c1. The van der Waals surface area contributed by atoms with Crippen molar-refractivity contribution in [2.24, 2.45) is 0 Å². The molecule has 104 valence electrons. The average Bonchev–Trinajstić information content (AvgIpc) is 2.44. The lowest BCUT2D eigenvalue weighted by molar-refractivity contribution is 0.194. The Labute approximate surface area is 115 Å². The molecule has 0 atom stereocenters. The van der Waals surface area contributed by atoms with Gasteiger partial charge in [0.1, 0.15) is 5.75 Å². The van der Waals surface area contributed by atoms with Crippen molar-refractivity contribution < 1.29 is 9.47 Å². The van der Waals surface area contributed by atoms with Crippen LogP contribution >= 0.6 is 0 Å². The van der Waals surface area contributed by atoms with Crippen molar-refractivity contribution in [3.8, 4) is 11.8 Å². The molecule has 0 amide bonds. The molecule has 0 spiro atoms. The van der Waals surface area contributed by atoms with Crippen molar-refractivity contribution in [1.29, 1.82) is 5.26 Å². The lowest BCUT2D eigenvalue weighted by Crippen LogP contribution is -2.16. The van der Waals surface area contributed by atoms with Crippen LogP contribution in [0.3, 0.4) is 0 Å². The van der Waals surface area contributed by atoms with Crippen molar-refractivity contribution in [1.82, 2.24) is 5.32 Å². The Bertz CT molecular complexity index is 388. The molecule has 4 heteroatoms. The molecule has 0 heterocycles. The van der Waals surface area contributed by atoms with Crippen LogP contribution < -0.4 is 10.1 Å². The van der Waals surface area contributed by atoms with E-state index in [1.807, 2.05) is 18.2 Å². The fourth-order valence-corrected chi connectivity index (χ4v) is 1.66. The number of rotatable bonds is 10. The van der Waals surface area contributed by atoms with Gasteiger partial charge in [-0.15, -0.1) is 0 Å². The Morgan fingerprint density at radius 1 is 1.26 bits per heavy atom. The monoisotopic (exact) mass is 262 g/mol. The summed E-state index contributed by atoms with van der Waals surface area (Å²) >= 11 is 0. The Hall–Kier alpha value is -1.57. The smallest absolute Gasteiger partial charge is 0.119 e. The molecule has 1 aromatic carbocycles. The first kappa shape index (κ1) is 15.5. The summed E-state index contributed by atoms with van der Waals surface area (Å²) in [6, 6.07) is 10.2. The topological polar surface area (TPSA) is 54.3 Å². The standard InChI is InChI=1S/C15H22N2O2/c1-18-10-5-9-17-13-14-6-4-7-15(12-14)19-11-3-2-8-16/h4,6-7,12,17H,2-3,5,9-11,13H2,1H3. The van der Waals surface area contributed by atoms with E-state index in [0.717, 1.165) is 38.3 Å². The van der Waals surface area contributed by atoms with Crippen LogP contribution in [0, 0.1) is 11.3 Å². The number of ether oxygens (including phenoxy) is 2. The number of nitrogens with one attached hydrogen (secondary N) is 1. The Balaban J connectivity index is 2.25. The molecule has 0 aliphatic rings. The van der Waals surface area contributed by atoms with Gasteiger partial charge in [-0.3, -0.25) is 0 Å². The van der Waals surface area contributed by atoms with Gasteiger partial charge in [0.25, 0.3) is 0 Å². The summed E-state index contributed by atoms with van der Waals surface area (Å²) in [7, 11) is 1.72. The minimum atomic E-state index is 0.542. The van der Waals surface area contributed by atoms with Gasteiger partial charge in [-0.05, 0) is 37.1 Å². The molecule has 1 N–H and O–H groups in total. The molecule has 0 bridgehead atoms. The van der Waals surface area contributed by atoms with E-state index in [9.17, 15) is 0 Å². The summed E-state index contributed by atoms with van der Waals surface area (Å²) < 4.78 is 10.6.